The summed E-state index contributed by atoms with van der Waals surface area (Å²) >= 11 is 3.33. The van der Waals surface area contributed by atoms with Gasteiger partial charge in [-0.2, -0.15) is 4.98 Å². The monoisotopic (exact) mass is 298 g/mol. The van der Waals surface area contributed by atoms with Crippen molar-refractivity contribution in [3.63, 3.8) is 0 Å². The Morgan fingerprint density at radius 1 is 1.41 bits per heavy atom. The van der Waals surface area contributed by atoms with Gasteiger partial charge in [0.2, 0.25) is 5.95 Å². The van der Waals surface area contributed by atoms with E-state index < -0.39 is 0 Å². The number of hydrogen-bond donors (Lipinski definition) is 2. The summed E-state index contributed by atoms with van der Waals surface area (Å²) in [4.78, 5) is 8.46. The van der Waals surface area contributed by atoms with E-state index in [4.69, 9.17) is 5.73 Å². The first-order chi connectivity index (χ1) is 8.13. The van der Waals surface area contributed by atoms with Crippen LogP contribution in [0.5, 0.6) is 0 Å². The first kappa shape index (κ1) is 12.6. The van der Waals surface area contributed by atoms with E-state index in [1.54, 1.807) is 6.07 Å². The SMILES string of the molecule is CCC1(CNc2nc(N)cc(Br)n2)CCCC1. The Morgan fingerprint density at radius 3 is 2.71 bits per heavy atom. The molecule has 0 amide bonds. The number of nitrogen functional groups attached to an aromatic ring is 1. The van der Waals surface area contributed by atoms with Crippen LogP contribution in [0, 0.1) is 5.41 Å². The van der Waals surface area contributed by atoms with E-state index in [-0.39, 0.29) is 0 Å². The van der Waals surface area contributed by atoms with Crippen LogP contribution in [0.4, 0.5) is 11.8 Å². The summed E-state index contributed by atoms with van der Waals surface area (Å²) in [7, 11) is 0. The average molecular weight is 299 g/mol. The highest BCUT2D eigenvalue weighted by Gasteiger charge is 2.31. The van der Waals surface area contributed by atoms with Gasteiger partial charge >= 0.3 is 0 Å². The zero-order chi connectivity index (χ0) is 12.3. The van der Waals surface area contributed by atoms with Gasteiger partial charge in [-0.25, -0.2) is 4.98 Å². The van der Waals surface area contributed by atoms with Crippen LogP contribution in [0.25, 0.3) is 0 Å². The Labute approximate surface area is 111 Å². The molecule has 1 aliphatic rings. The van der Waals surface area contributed by atoms with Crippen LogP contribution in [0.2, 0.25) is 0 Å². The van der Waals surface area contributed by atoms with Gasteiger partial charge in [0.25, 0.3) is 0 Å². The number of hydrogen-bond acceptors (Lipinski definition) is 4. The molecule has 0 spiro atoms. The highest BCUT2D eigenvalue weighted by atomic mass is 79.9. The maximum Gasteiger partial charge on any atom is 0.225 e. The molecule has 5 heteroatoms. The largest absolute Gasteiger partial charge is 0.383 e. The summed E-state index contributed by atoms with van der Waals surface area (Å²) < 4.78 is 0.726. The average Bonchev–Trinajstić information content (AvgIpc) is 2.74. The Kier molecular flexibility index (Phi) is 3.86. The smallest absolute Gasteiger partial charge is 0.225 e. The van der Waals surface area contributed by atoms with Crippen molar-refractivity contribution >= 4 is 27.7 Å². The first-order valence-electron chi connectivity index (χ1n) is 6.17. The van der Waals surface area contributed by atoms with Gasteiger partial charge in [-0.1, -0.05) is 19.8 Å². The minimum Gasteiger partial charge on any atom is -0.383 e. The molecule has 94 valence electrons. The number of anilines is 2. The van der Waals surface area contributed by atoms with Crippen LogP contribution < -0.4 is 11.1 Å². The van der Waals surface area contributed by atoms with Crippen LogP contribution in [0.3, 0.4) is 0 Å². The number of nitrogens with zero attached hydrogens (tertiary/aromatic N) is 2. The fraction of sp³-hybridized carbons (Fsp3) is 0.667. The van der Waals surface area contributed by atoms with Gasteiger partial charge in [-0.05, 0) is 40.6 Å². The second kappa shape index (κ2) is 5.21. The van der Waals surface area contributed by atoms with Crippen molar-refractivity contribution < 1.29 is 0 Å². The van der Waals surface area contributed by atoms with Crippen LogP contribution in [-0.2, 0) is 0 Å². The van der Waals surface area contributed by atoms with E-state index in [2.05, 4.69) is 38.1 Å². The predicted octanol–water partition coefficient (Wildman–Crippen LogP) is 3.20. The number of nitrogens with two attached hydrogens (primary N) is 1. The van der Waals surface area contributed by atoms with E-state index in [0.717, 1.165) is 11.1 Å². The summed E-state index contributed by atoms with van der Waals surface area (Å²) in [6.07, 6.45) is 6.51. The van der Waals surface area contributed by atoms with Crippen molar-refractivity contribution in [2.24, 2.45) is 5.41 Å². The lowest BCUT2D eigenvalue weighted by atomic mass is 9.83. The molecule has 3 N–H and O–H groups in total. The molecule has 2 rings (SSSR count). The lowest BCUT2D eigenvalue weighted by Crippen LogP contribution is -2.26. The molecule has 0 aromatic carbocycles. The molecule has 17 heavy (non-hydrogen) atoms. The molecular formula is C12H19BrN4. The van der Waals surface area contributed by atoms with Crippen molar-refractivity contribution in [1.82, 2.24) is 9.97 Å². The van der Waals surface area contributed by atoms with Crippen molar-refractivity contribution in [2.75, 3.05) is 17.6 Å². The topological polar surface area (TPSA) is 63.8 Å². The third-order valence-corrected chi connectivity index (χ3v) is 4.16. The standard InChI is InChI=1S/C12H19BrN4/c1-2-12(5-3-4-6-12)8-15-11-16-9(13)7-10(14)17-11/h7H,2-6,8H2,1H3,(H3,14,15,16,17). The van der Waals surface area contributed by atoms with Crippen LogP contribution in [0.1, 0.15) is 39.0 Å². The Bertz CT molecular complexity index is 368. The Morgan fingerprint density at radius 2 is 2.12 bits per heavy atom. The quantitative estimate of drug-likeness (QED) is 0.838. The van der Waals surface area contributed by atoms with E-state index in [1.165, 1.54) is 32.1 Å². The molecule has 1 aromatic rings. The number of rotatable bonds is 4. The number of nitrogens with one attached hydrogen (secondary N) is 1. The fourth-order valence-corrected chi connectivity index (χ4v) is 2.96. The molecule has 0 atom stereocenters. The molecule has 1 saturated carbocycles. The Balaban J connectivity index is 2.01. The van der Waals surface area contributed by atoms with Crippen LogP contribution in [0.15, 0.2) is 10.7 Å². The first-order valence-corrected chi connectivity index (χ1v) is 6.97. The van der Waals surface area contributed by atoms with Crippen molar-refractivity contribution in [2.45, 2.75) is 39.0 Å². The maximum atomic E-state index is 5.69. The molecule has 1 aliphatic carbocycles. The minimum atomic E-state index is 0.431. The second-order valence-electron chi connectivity index (χ2n) is 4.85. The zero-order valence-electron chi connectivity index (χ0n) is 10.2. The molecule has 0 unspecified atom stereocenters. The molecule has 0 saturated heterocycles. The fourth-order valence-electron chi connectivity index (χ4n) is 2.56. The maximum absolute atomic E-state index is 5.69. The Hall–Kier alpha value is -0.840. The zero-order valence-corrected chi connectivity index (χ0v) is 11.8. The number of halogens is 1. The third kappa shape index (κ3) is 3.09. The molecule has 0 bridgehead atoms. The van der Waals surface area contributed by atoms with Gasteiger partial charge in [0.1, 0.15) is 10.4 Å². The molecule has 1 fully saturated rings. The van der Waals surface area contributed by atoms with Gasteiger partial charge in [0.15, 0.2) is 0 Å². The van der Waals surface area contributed by atoms with Crippen LogP contribution >= 0.6 is 15.9 Å². The van der Waals surface area contributed by atoms with Gasteiger partial charge < -0.3 is 11.1 Å². The summed E-state index contributed by atoms with van der Waals surface area (Å²) in [6, 6.07) is 1.70. The van der Waals surface area contributed by atoms with E-state index in [1.807, 2.05) is 0 Å². The molecule has 1 aromatic heterocycles. The predicted molar refractivity (Wildman–Crippen MR) is 73.8 cm³/mol. The molecule has 0 radical (unpaired) electrons. The molecular weight excluding hydrogens is 280 g/mol. The lowest BCUT2D eigenvalue weighted by molar-refractivity contribution is 0.306. The summed E-state index contributed by atoms with van der Waals surface area (Å²) in [6.45, 7) is 3.21. The van der Waals surface area contributed by atoms with Crippen molar-refractivity contribution in [3.8, 4) is 0 Å². The molecule has 4 nitrogen and oxygen atoms in total. The summed E-state index contributed by atoms with van der Waals surface area (Å²) in [5.41, 5.74) is 6.12. The lowest BCUT2D eigenvalue weighted by Gasteiger charge is -2.27. The molecule has 1 heterocycles. The van der Waals surface area contributed by atoms with Gasteiger partial charge in [0.05, 0.1) is 0 Å². The second-order valence-corrected chi connectivity index (χ2v) is 5.67. The highest BCUT2D eigenvalue weighted by molar-refractivity contribution is 9.10. The van der Waals surface area contributed by atoms with Crippen molar-refractivity contribution in [3.05, 3.63) is 10.7 Å². The van der Waals surface area contributed by atoms with Gasteiger partial charge in [-0.15, -0.1) is 0 Å². The van der Waals surface area contributed by atoms with E-state index in [0.29, 0.717) is 17.2 Å². The summed E-state index contributed by atoms with van der Waals surface area (Å²) in [5.74, 6) is 1.11. The van der Waals surface area contributed by atoms with E-state index in [9.17, 15) is 0 Å². The number of aromatic nitrogens is 2. The minimum absolute atomic E-state index is 0.431. The normalized spacial score (nSPS) is 18.2. The van der Waals surface area contributed by atoms with Crippen molar-refractivity contribution in [1.29, 1.82) is 0 Å². The van der Waals surface area contributed by atoms with Crippen LogP contribution in [-0.4, -0.2) is 16.5 Å². The summed E-state index contributed by atoms with van der Waals surface area (Å²) in [5, 5.41) is 3.33. The van der Waals surface area contributed by atoms with Gasteiger partial charge in [0, 0.05) is 12.6 Å². The highest BCUT2D eigenvalue weighted by Crippen LogP contribution is 2.40. The van der Waals surface area contributed by atoms with E-state index >= 15 is 0 Å². The molecule has 0 aliphatic heterocycles. The third-order valence-electron chi connectivity index (χ3n) is 3.75. The van der Waals surface area contributed by atoms with Gasteiger partial charge in [-0.3, -0.25) is 0 Å².